The SMILES string of the molecule is CC1(C)[C@@H]2CC[C@@]1(C)[C@@]1(C2)OC(=O)C=CS1. The Labute approximate surface area is 101 Å². The van der Waals surface area contributed by atoms with Gasteiger partial charge in [0.05, 0.1) is 0 Å². The number of carbonyl (C=O) groups excluding carboxylic acids is 1. The summed E-state index contributed by atoms with van der Waals surface area (Å²) in [5.74, 6) is 0.535. The summed E-state index contributed by atoms with van der Waals surface area (Å²) in [5, 5.41) is 1.92. The Morgan fingerprint density at radius 1 is 1.44 bits per heavy atom. The number of hydrogen-bond acceptors (Lipinski definition) is 3. The Bertz CT molecular complexity index is 387. The molecule has 16 heavy (non-hydrogen) atoms. The van der Waals surface area contributed by atoms with Crippen molar-refractivity contribution in [3.05, 3.63) is 11.5 Å². The molecule has 0 N–H and O–H groups in total. The molecule has 2 saturated carbocycles. The van der Waals surface area contributed by atoms with Gasteiger partial charge in [0.25, 0.3) is 0 Å². The zero-order valence-corrected chi connectivity index (χ0v) is 10.9. The third kappa shape index (κ3) is 0.987. The lowest BCUT2D eigenvalue weighted by Crippen LogP contribution is -2.48. The molecule has 1 spiro atoms. The number of thioether (sulfide) groups is 1. The molecule has 3 aliphatic rings. The molecule has 0 amide bonds. The fourth-order valence-corrected chi connectivity index (χ4v) is 5.39. The van der Waals surface area contributed by atoms with Crippen LogP contribution in [0.25, 0.3) is 0 Å². The minimum Gasteiger partial charge on any atom is -0.444 e. The Morgan fingerprint density at radius 3 is 2.69 bits per heavy atom. The fraction of sp³-hybridized carbons (Fsp3) is 0.769. The number of carbonyl (C=O) groups is 1. The molecular weight excluding hydrogens is 220 g/mol. The van der Waals surface area contributed by atoms with Gasteiger partial charge in [0, 0.05) is 17.9 Å². The van der Waals surface area contributed by atoms with E-state index in [9.17, 15) is 4.79 Å². The Hall–Kier alpha value is -0.440. The standard InChI is InChI=1S/C13H18O2S/c1-11(2)9-4-6-12(11,3)13(8-9)15-10(14)5-7-16-13/h5,7,9H,4,6,8H2,1-3H3/t9-,12-,13+/m1/s1. The molecule has 1 heterocycles. The van der Waals surface area contributed by atoms with Gasteiger partial charge in [-0.15, -0.1) is 0 Å². The van der Waals surface area contributed by atoms with E-state index >= 15 is 0 Å². The van der Waals surface area contributed by atoms with Crippen molar-refractivity contribution in [3.63, 3.8) is 0 Å². The molecule has 3 heteroatoms. The van der Waals surface area contributed by atoms with Crippen LogP contribution < -0.4 is 0 Å². The molecule has 3 rings (SSSR count). The number of ether oxygens (including phenoxy) is 1. The zero-order valence-electron chi connectivity index (χ0n) is 10.1. The second kappa shape index (κ2) is 2.87. The van der Waals surface area contributed by atoms with Crippen molar-refractivity contribution in [1.29, 1.82) is 0 Å². The van der Waals surface area contributed by atoms with Gasteiger partial charge in [-0.2, -0.15) is 0 Å². The molecule has 0 radical (unpaired) electrons. The van der Waals surface area contributed by atoms with Gasteiger partial charge < -0.3 is 4.74 Å². The molecule has 0 saturated heterocycles. The maximum Gasteiger partial charge on any atom is 0.332 e. The summed E-state index contributed by atoms with van der Waals surface area (Å²) in [7, 11) is 0. The van der Waals surface area contributed by atoms with E-state index in [1.54, 1.807) is 11.8 Å². The van der Waals surface area contributed by atoms with E-state index in [1.165, 1.54) is 18.9 Å². The van der Waals surface area contributed by atoms with Gasteiger partial charge in [0.1, 0.15) is 0 Å². The summed E-state index contributed by atoms with van der Waals surface area (Å²) in [4.78, 5) is 11.2. The Morgan fingerprint density at radius 2 is 2.19 bits per heavy atom. The first kappa shape index (κ1) is 10.7. The molecular formula is C13H18O2S. The first-order valence-corrected chi connectivity index (χ1v) is 6.87. The summed E-state index contributed by atoms with van der Waals surface area (Å²) in [6.45, 7) is 6.98. The maximum absolute atomic E-state index is 11.5. The molecule has 2 aliphatic carbocycles. The van der Waals surface area contributed by atoms with E-state index in [0.717, 1.165) is 6.42 Å². The second-order valence-corrected chi connectivity index (χ2v) is 7.26. The molecule has 3 atom stereocenters. The van der Waals surface area contributed by atoms with Crippen molar-refractivity contribution < 1.29 is 9.53 Å². The average molecular weight is 238 g/mol. The fourth-order valence-electron chi connectivity index (χ4n) is 3.94. The lowest BCUT2D eigenvalue weighted by molar-refractivity contribution is -0.156. The van der Waals surface area contributed by atoms with Gasteiger partial charge in [-0.3, -0.25) is 0 Å². The number of rotatable bonds is 0. The normalized spacial score (nSPS) is 48.7. The van der Waals surface area contributed by atoms with Crippen LogP contribution in [-0.4, -0.2) is 10.9 Å². The van der Waals surface area contributed by atoms with Crippen LogP contribution in [-0.2, 0) is 9.53 Å². The van der Waals surface area contributed by atoms with Gasteiger partial charge in [-0.25, -0.2) is 4.79 Å². The predicted molar refractivity (Wildman–Crippen MR) is 64.8 cm³/mol. The number of hydrogen-bond donors (Lipinski definition) is 0. The van der Waals surface area contributed by atoms with Gasteiger partial charge in [-0.1, -0.05) is 32.5 Å². The molecule has 1 aliphatic heterocycles. The summed E-state index contributed by atoms with van der Waals surface area (Å²) in [6, 6.07) is 0. The van der Waals surface area contributed by atoms with E-state index in [4.69, 9.17) is 4.74 Å². The van der Waals surface area contributed by atoms with Crippen LogP contribution in [0.5, 0.6) is 0 Å². The van der Waals surface area contributed by atoms with E-state index in [0.29, 0.717) is 5.92 Å². The van der Waals surface area contributed by atoms with Crippen molar-refractivity contribution in [2.75, 3.05) is 0 Å². The van der Waals surface area contributed by atoms with Gasteiger partial charge in [0.15, 0.2) is 4.93 Å². The monoisotopic (exact) mass is 238 g/mol. The van der Waals surface area contributed by atoms with Crippen molar-refractivity contribution >= 4 is 17.7 Å². The van der Waals surface area contributed by atoms with Crippen LogP contribution in [0.1, 0.15) is 40.0 Å². The first-order chi connectivity index (χ1) is 7.41. The van der Waals surface area contributed by atoms with E-state index in [2.05, 4.69) is 20.8 Å². The third-order valence-corrected chi connectivity index (χ3v) is 6.87. The zero-order chi connectivity index (χ0) is 11.6. The van der Waals surface area contributed by atoms with Gasteiger partial charge in [-0.05, 0) is 29.6 Å². The topological polar surface area (TPSA) is 26.3 Å². The third-order valence-electron chi connectivity index (χ3n) is 5.52. The largest absolute Gasteiger partial charge is 0.444 e. The number of fused-ring (bicyclic) bond motifs is 3. The molecule has 88 valence electrons. The van der Waals surface area contributed by atoms with Crippen LogP contribution in [0.2, 0.25) is 0 Å². The molecule has 2 fully saturated rings. The molecule has 2 nitrogen and oxygen atoms in total. The van der Waals surface area contributed by atoms with Crippen LogP contribution in [0, 0.1) is 16.7 Å². The van der Waals surface area contributed by atoms with Crippen molar-refractivity contribution in [2.24, 2.45) is 16.7 Å². The minimum atomic E-state index is -0.286. The highest BCUT2D eigenvalue weighted by Gasteiger charge is 2.71. The van der Waals surface area contributed by atoms with Crippen molar-refractivity contribution in [1.82, 2.24) is 0 Å². The molecule has 0 aromatic heterocycles. The summed E-state index contributed by atoms with van der Waals surface area (Å²) < 4.78 is 5.74. The molecule has 0 aromatic rings. The summed E-state index contributed by atoms with van der Waals surface area (Å²) in [5.41, 5.74) is 0.404. The highest BCUT2D eigenvalue weighted by atomic mass is 32.2. The van der Waals surface area contributed by atoms with Crippen molar-refractivity contribution in [2.45, 2.75) is 45.0 Å². The molecule has 2 bridgehead atoms. The smallest absolute Gasteiger partial charge is 0.332 e. The van der Waals surface area contributed by atoms with E-state index in [1.807, 2.05) is 5.41 Å². The Balaban J connectivity index is 2.06. The number of esters is 1. The highest BCUT2D eigenvalue weighted by molar-refractivity contribution is 8.03. The van der Waals surface area contributed by atoms with E-state index in [-0.39, 0.29) is 21.7 Å². The highest BCUT2D eigenvalue weighted by Crippen LogP contribution is 2.74. The lowest BCUT2D eigenvalue weighted by atomic mass is 9.69. The predicted octanol–water partition coefficient (Wildman–Crippen LogP) is 3.33. The molecule has 0 unspecified atom stereocenters. The van der Waals surface area contributed by atoms with Crippen LogP contribution >= 0.6 is 11.8 Å². The Kier molecular flexibility index (Phi) is 1.92. The summed E-state index contributed by atoms with van der Waals surface area (Å²) >= 11 is 1.72. The van der Waals surface area contributed by atoms with Crippen LogP contribution in [0.3, 0.4) is 0 Å². The summed E-state index contributed by atoms with van der Waals surface area (Å²) in [6.07, 6.45) is 5.03. The molecule has 0 aromatic carbocycles. The second-order valence-electron chi connectivity index (χ2n) is 6.09. The van der Waals surface area contributed by atoms with Crippen LogP contribution in [0.4, 0.5) is 0 Å². The minimum absolute atomic E-state index is 0.121. The van der Waals surface area contributed by atoms with Gasteiger partial charge in [0.2, 0.25) is 0 Å². The lowest BCUT2D eigenvalue weighted by Gasteiger charge is -2.47. The van der Waals surface area contributed by atoms with Crippen LogP contribution in [0.15, 0.2) is 11.5 Å². The van der Waals surface area contributed by atoms with E-state index < -0.39 is 0 Å². The van der Waals surface area contributed by atoms with Crippen molar-refractivity contribution in [3.8, 4) is 0 Å². The average Bonchev–Trinajstić information content (AvgIpc) is 2.50. The first-order valence-electron chi connectivity index (χ1n) is 5.99. The van der Waals surface area contributed by atoms with Gasteiger partial charge >= 0.3 is 5.97 Å². The maximum atomic E-state index is 11.5. The quantitative estimate of drug-likeness (QED) is 0.605.